The number of anilines is 1. The lowest BCUT2D eigenvalue weighted by molar-refractivity contribution is -0.145. The molecule has 7 heteroatoms. The molecule has 2 aromatic carbocycles. The lowest BCUT2D eigenvalue weighted by Gasteiger charge is -2.22. The number of hydrogen-bond donors (Lipinski definition) is 0. The van der Waals surface area contributed by atoms with Crippen LogP contribution in [-0.4, -0.2) is 35.3 Å². The summed E-state index contributed by atoms with van der Waals surface area (Å²) < 4.78 is 7.11. The molecule has 1 aliphatic rings. The van der Waals surface area contributed by atoms with E-state index in [9.17, 15) is 9.59 Å². The van der Waals surface area contributed by atoms with Gasteiger partial charge in [-0.25, -0.2) is 4.98 Å². The van der Waals surface area contributed by atoms with E-state index in [4.69, 9.17) is 4.74 Å². The summed E-state index contributed by atoms with van der Waals surface area (Å²) in [6.45, 7) is 1.76. The molecule has 0 saturated carbocycles. The Morgan fingerprint density at radius 3 is 2.85 bits per heavy atom. The second-order valence-electron chi connectivity index (χ2n) is 6.34. The number of thioether (sulfide) groups is 1. The van der Waals surface area contributed by atoms with Crippen molar-refractivity contribution in [2.45, 2.75) is 23.7 Å². The van der Waals surface area contributed by atoms with Crippen LogP contribution < -0.4 is 4.90 Å². The second-order valence-corrected chi connectivity index (χ2v) is 8.60. The van der Waals surface area contributed by atoms with Gasteiger partial charge in [-0.15, -0.1) is 11.3 Å². The van der Waals surface area contributed by atoms with Crippen molar-refractivity contribution >= 4 is 50.9 Å². The van der Waals surface area contributed by atoms with E-state index in [0.29, 0.717) is 0 Å². The van der Waals surface area contributed by atoms with Crippen LogP contribution in [0.25, 0.3) is 10.2 Å². The van der Waals surface area contributed by atoms with Crippen molar-refractivity contribution < 1.29 is 14.3 Å². The molecular formula is C20H18N2O3S2. The Bertz CT molecular complexity index is 969. The number of fused-ring (bicyclic) bond motifs is 2. The van der Waals surface area contributed by atoms with Crippen LogP contribution in [0.15, 0.2) is 52.9 Å². The molecule has 0 unspecified atom stereocenters. The summed E-state index contributed by atoms with van der Waals surface area (Å²) in [6, 6.07) is 15.8. The molecule has 0 radical (unpaired) electrons. The summed E-state index contributed by atoms with van der Waals surface area (Å²) in [4.78, 5) is 30.8. The molecule has 5 nitrogen and oxygen atoms in total. The van der Waals surface area contributed by atoms with Gasteiger partial charge in [0.15, 0.2) is 10.9 Å². The van der Waals surface area contributed by atoms with E-state index in [1.165, 1.54) is 11.8 Å². The van der Waals surface area contributed by atoms with Gasteiger partial charge < -0.3 is 9.64 Å². The third kappa shape index (κ3) is 3.84. The van der Waals surface area contributed by atoms with Gasteiger partial charge in [-0.1, -0.05) is 42.1 Å². The number of rotatable bonds is 5. The molecule has 4 rings (SSSR count). The molecule has 1 amide bonds. The van der Waals surface area contributed by atoms with Crippen LogP contribution in [0, 0.1) is 0 Å². The summed E-state index contributed by atoms with van der Waals surface area (Å²) in [6.07, 6.45) is 0.823. The molecule has 138 valence electrons. The van der Waals surface area contributed by atoms with Crippen LogP contribution in [0.2, 0.25) is 0 Å². The van der Waals surface area contributed by atoms with E-state index >= 15 is 0 Å². The maximum Gasteiger partial charge on any atom is 0.316 e. The molecule has 0 fully saturated rings. The first-order valence-corrected chi connectivity index (χ1v) is 10.5. The van der Waals surface area contributed by atoms with Crippen LogP contribution in [0.3, 0.4) is 0 Å². The first-order valence-electron chi connectivity index (χ1n) is 8.66. The Balaban J connectivity index is 1.31. The predicted octanol–water partition coefficient (Wildman–Crippen LogP) is 3.91. The fraction of sp³-hybridized carbons (Fsp3) is 0.250. The Kier molecular flexibility index (Phi) is 5.13. The number of amides is 1. The highest BCUT2D eigenvalue weighted by molar-refractivity contribution is 8.01. The SMILES string of the molecule is C[C@@H]1Cc2ccccc2N1C(=O)COC(=O)CSc1nc2ccccc2s1. The van der Waals surface area contributed by atoms with Gasteiger partial charge in [0.2, 0.25) is 0 Å². The number of para-hydroxylation sites is 2. The molecule has 3 aromatic rings. The highest BCUT2D eigenvalue weighted by Crippen LogP contribution is 2.32. The van der Waals surface area contributed by atoms with Gasteiger partial charge in [0.05, 0.1) is 16.0 Å². The third-order valence-electron chi connectivity index (χ3n) is 4.42. The number of aromatic nitrogens is 1. The fourth-order valence-corrected chi connectivity index (χ4v) is 5.10. The minimum absolute atomic E-state index is 0.0747. The van der Waals surface area contributed by atoms with Crippen LogP contribution in [-0.2, 0) is 20.7 Å². The van der Waals surface area contributed by atoms with Crippen molar-refractivity contribution in [3.63, 3.8) is 0 Å². The molecule has 0 aliphatic carbocycles. The molecule has 0 spiro atoms. The van der Waals surface area contributed by atoms with Gasteiger partial charge in [-0.05, 0) is 37.1 Å². The minimum Gasteiger partial charge on any atom is -0.455 e. The van der Waals surface area contributed by atoms with E-state index < -0.39 is 5.97 Å². The molecule has 0 N–H and O–H groups in total. The predicted molar refractivity (Wildman–Crippen MR) is 108 cm³/mol. The number of ether oxygens (including phenoxy) is 1. The van der Waals surface area contributed by atoms with E-state index in [2.05, 4.69) is 4.98 Å². The number of carbonyl (C=O) groups excluding carboxylic acids is 2. The summed E-state index contributed by atoms with van der Waals surface area (Å²) >= 11 is 2.88. The van der Waals surface area contributed by atoms with Gasteiger partial charge in [0, 0.05) is 11.7 Å². The highest BCUT2D eigenvalue weighted by Gasteiger charge is 2.30. The molecule has 0 bridgehead atoms. The Morgan fingerprint density at radius 2 is 2.00 bits per heavy atom. The van der Waals surface area contributed by atoms with Gasteiger partial charge in [-0.2, -0.15) is 0 Å². The zero-order chi connectivity index (χ0) is 18.8. The van der Waals surface area contributed by atoms with Gasteiger partial charge in [0.1, 0.15) is 0 Å². The minimum atomic E-state index is -0.409. The number of esters is 1. The quantitative estimate of drug-likeness (QED) is 0.482. The normalized spacial score (nSPS) is 15.7. The van der Waals surface area contributed by atoms with Gasteiger partial charge >= 0.3 is 5.97 Å². The number of carbonyl (C=O) groups is 2. The van der Waals surface area contributed by atoms with Crippen molar-refractivity contribution in [2.75, 3.05) is 17.3 Å². The molecular weight excluding hydrogens is 380 g/mol. The third-order valence-corrected chi connectivity index (χ3v) is 6.57. The number of hydrogen-bond acceptors (Lipinski definition) is 6. The van der Waals surface area contributed by atoms with Crippen LogP contribution in [0.4, 0.5) is 5.69 Å². The molecule has 1 atom stereocenters. The van der Waals surface area contributed by atoms with Crippen LogP contribution in [0.1, 0.15) is 12.5 Å². The van der Waals surface area contributed by atoms with Crippen LogP contribution in [0.5, 0.6) is 0 Å². The molecule has 1 aliphatic heterocycles. The molecule has 0 saturated heterocycles. The lowest BCUT2D eigenvalue weighted by Crippen LogP contribution is -2.38. The summed E-state index contributed by atoms with van der Waals surface area (Å²) in [5.74, 6) is -0.460. The maximum absolute atomic E-state index is 12.5. The van der Waals surface area contributed by atoms with Crippen molar-refractivity contribution in [3.8, 4) is 0 Å². The van der Waals surface area contributed by atoms with Gasteiger partial charge in [0.25, 0.3) is 5.91 Å². The van der Waals surface area contributed by atoms with Crippen LogP contribution >= 0.6 is 23.1 Å². The van der Waals surface area contributed by atoms with E-state index in [-0.39, 0.29) is 24.3 Å². The largest absolute Gasteiger partial charge is 0.455 e. The van der Waals surface area contributed by atoms with Gasteiger partial charge in [-0.3, -0.25) is 9.59 Å². The number of benzene rings is 2. The lowest BCUT2D eigenvalue weighted by atomic mass is 10.1. The monoisotopic (exact) mass is 398 g/mol. The Labute approximate surface area is 165 Å². The molecule has 27 heavy (non-hydrogen) atoms. The first-order chi connectivity index (χ1) is 13.1. The van der Waals surface area contributed by atoms with E-state index in [0.717, 1.165) is 32.2 Å². The zero-order valence-electron chi connectivity index (χ0n) is 14.8. The standard InChI is InChI=1S/C20H18N2O3S2/c1-13-10-14-6-2-4-8-16(14)22(13)18(23)11-25-19(24)12-26-20-21-15-7-3-5-9-17(15)27-20/h2-9,13H,10-12H2,1H3/t13-/m1/s1. The summed E-state index contributed by atoms with van der Waals surface area (Å²) in [5, 5.41) is 0. The highest BCUT2D eigenvalue weighted by atomic mass is 32.2. The van der Waals surface area contributed by atoms with Crippen molar-refractivity contribution in [2.24, 2.45) is 0 Å². The maximum atomic E-state index is 12.5. The smallest absolute Gasteiger partial charge is 0.316 e. The fourth-order valence-electron chi connectivity index (χ4n) is 3.23. The Hall–Kier alpha value is -2.38. The first kappa shape index (κ1) is 18.0. The average molecular weight is 399 g/mol. The van der Waals surface area contributed by atoms with E-state index in [1.54, 1.807) is 16.2 Å². The summed E-state index contributed by atoms with van der Waals surface area (Å²) in [7, 11) is 0. The van der Waals surface area contributed by atoms with Crippen molar-refractivity contribution in [1.82, 2.24) is 4.98 Å². The second kappa shape index (κ2) is 7.70. The van der Waals surface area contributed by atoms with Crippen molar-refractivity contribution in [3.05, 3.63) is 54.1 Å². The zero-order valence-corrected chi connectivity index (χ0v) is 16.4. The average Bonchev–Trinajstić information content (AvgIpc) is 3.23. The molecule has 2 heterocycles. The number of thiazole rings is 1. The molecule has 1 aromatic heterocycles. The Morgan fingerprint density at radius 1 is 1.22 bits per heavy atom. The van der Waals surface area contributed by atoms with Crippen molar-refractivity contribution in [1.29, 1.82) is 0 Å². The topological polar surface area (TPSA) is 59.5 Å². The van der Waals surface area contributed by atoms with E-state index in [1.807, 2.05) is 55.5 Å². The number of nitrogens with zero attached hydrogens (tertiary/aromatic N) is 2. The summed E-state index contributed by atoms with van der Waals surface area (Å²) in [5.41, 5.74) is 2.99.